The number of carbonyl (C=O) groups is 2. The summed E-state index contributed by atoms with van der Waals surface area (Å²) in [5.74, 6) is -1.10. The summed E-state index contributed by atoms with van der Waals surface area (Å²) in [6.07, 6.45) is 0. The van der Waals surface area contributed by atoms with Gasteiger partial charge in [-0.15, -0.1) is 12.6 Å². The van der Waals surface area contributed by atoms with Gasteiger partial charge in [-0.05, 0) is 32.0 Å². The summed E-state index contributed by atoms with van der Waals surface area (Å²) in [5.41, 5.74) is 0.269. The molecule has 0 radical (unpaired) electrons. The van der Waals surface area contributed by atoms with Crippen LogP contribution in [0.3, 0.4) is 0 Å². The standard InChI is InChI=1S/C13H17FN2O2S/c1-4-16(3)13(18)8(2)15-12(17)9-5-6-10(14)11(19)7-9/h5-8,19H,4H2,1-3H3,(H,15,17). The van der Waals surface area contributed by atoms with Gasteiger partial charge < -0.3 is 10.2 Å². The van der Waals surface area contributed by atoms with Crippen LogP contribution >= 0.6 is 12.6 Å². The number of benzene rings is 1. The third kappa shape index (κ3) is 3.96. The molecule has 0 aliphatic heterocycles. The lowest BCUT2D eigenvalue weighted by molar-refractivity contribution is -0.131. The quantitative estimate of drug-likeness (QED) is 0.827. The smallest absolute Gasteiger partial charge is 0.251 e. The molecule has 1 rings (SSSR count). The van der Waals surface area contributed by atoms with Crippen molar-refractivity contribution < 1.29 is 14.0 Å². The second kappa shape index (κ2) is 6.56. The molecule has 0 saturated heterocycles. The zero-order valence-corrected chi connectivity index (χ0v) is 12.0. The van der Waals surface area contributed by atoms with E-state index in [4.69, 9.17) is 0 Å². The number of rotatable bonds is 4. The molecule has 0 heterocycles. The molecule has 1 unspecified atom stereocenters. The third-order valence-electron chi connectivity index (χ3n) is 2.78. The number of halogens is 1. The Morgan fingerprint density at radius 1 is 1.47 bits per heavy atom. The van der Waals surface area contributed by atoms with E-state index < -0.39 is 17.8 Å². The second-order valence-electron chi connectivity index (χ2n) is 4.21. The number of likely N-dealkylation sites (N-methyl/N-ethyl adjacent to an activating group) is 1. The molecule has 104 valence electrons. The minimum atomic E-state index is -0.633. The Kier molecular flexibility index (Phi) is 5.35. The molecule has 1 N–H and O–H groups in total. The maximum absolute atomic E-state index is 13.0. The van der Waals surface area contributed by atoms with Crippen molar-refractivity contribution in [2.45, 2.75) is 24.8 Å². The minimum absolute atomic E-state index is 0.0947. The molecule has 0 spiro atoms. The van der Waals surface area contributed by atoms with E-state index in [1.54, 1.807) is 14.0 Å². The fourth-order valence-electron chi connectivity index (χ4n) is 1.48. The summed E-state index contributed by atoms with van der Waals surface area (Å²) in [6, 6.07) is 3.22. The van der Waals surface area contributed by atoms with Gasteiger partial charge in [0.2, 0.25) is 5.91 Å². The van der Waals surface area contributed by atoms with E-state index in [2.05, 4.69) is 17.9 Å². The van der Waals surface area contributed by atoms with Crippen LogP contribution in [0.25, 0.3) is 0 Å². The van der Waals surface area contributed by atoms with Crippen molar-refractivity contribution in [2.24, 2.45) is 0 Å². The van der Waals surface area contributed by atoms with Crippen LogP contribution in [0.1, 0.15) is 24.2 Å². The molecular formula is C13H17FN2O2S. The first-order chi connectivity index (χ1) is 8.86. The molecule has 1 atom stereocenters. The molecule has 1 aromatic carbocycles. The van der Waals surface area contributed by atoms with Crippen LogP contribution < -0.4 is 5.32 Å². The first kappa shape index (κ1) is 15.5. The van der Waals surface area contributed by atoms with Gasteiger partial charge in [-0.25, -0.2) is 4.39 Å². The van der Waals surface area contributed by atoms with Crippen LogP contribution in [0.5, 0.6) is 0 Å². The van der Waals surface area contributed by atoms with Crippen molar-refractivity contribution in [2.75, 3.05) is 13.6 Å². The molecule has 0 saturated carbocycles. The monoisotopic (exact) mass is 284 g/mol. The zero-order valence-electron chi connectivity index (χ0n) is 11.1. The number of hydrogen-bond acceptors (Lipinski definition) is 3. The summed E-state index contributed by atoms with van der Waals surface area (Å²) in [7, 11) is 1.66. The SMILES string of the molecule is CCN(C)C(=O)C(C)NC(=O)c1ccc(F)c(S)c1. The normalized spacial score (nSPS) is 11.8. The Morgan fingerprint density at radius 2 is 2.11 bits per heavy atom. The number of nitrogens with zero attached hydrogens (tertiary/aromatic N) is 1. The van der Waals surface area contributed by atoms with Gasteiger partial charge in [-0.1, -0.05) is 0 Å². The Balaban J connectivity index is 2.74. The Morgan fingerprint density at radius 3 is 2.63 bits per heavy atom. The number of hydrogen-bond donors (Lipinski definition) is 2. The van der Waals surface area contributed by atoms with Crippen LogP contribution in [0.2, 0.25) is 0 Å². The second-order valence-corrected chi connectivity index (χ2v) is 4.70. The van der Waals surface area contributed by atoms with Crippen molar-refractivity contribution in [3.8, 4) is 0 Å². The van der Waals surface area contributed by atoms with E-state index in [0.717, 1.165) is 0 Å². The first-order valence-corrected chi connectivity index (χ1v) is 6.35. The van der Waals surface area contributed by atoms with Gasteiger partial charge >= 0.3 is 0 Å². The summed E-state index contributed by atoms with van der Waals surface area (Å²) in [4.78, 5) is 25.3. The summed E-state index contributed by atoms with van der Waals surface area (Å²) in [5, 5.41) is 2.57. The van der Waals surface area contributed by atoms with E-state index in [1.807, 2.05) is 6.92 Å². The maximum atomic E-state index is 13.0. The van der Waals surface area contributed by atoms with Gasteiger partial charge in [0, 0.05) is 24.1 Å². The van der Waals surface area contributed by atoms with Crippen molar-refractivity contribution in [3.63, 3.8) is 0 Å². The van der Waals surface area contributed by atoms with Crippen LogP contribution in [-0.2, 0) is 4.79 Å². The molecule has 0 bridgehead atoms. The molecule has 0 aliphatic carbocycles. The summed E-state index contributed by atoms with van der Waals surface area (Å²) >= 11 is 3.91. The minimum Gasteiger partial charge on any atom is -0.344 e. The van der Waals surface area contributed by atoms with Crippen LogP contribution in [0.4, 0.5) is 4.39 Å². The lowest BCUT2D eigenvalue weighted by Gasteiger charge is -2.20. The number of nitrogens with one attached hydrogen (secondary N) is 1. The van der Waals surface area contributed by atoms with Gasteiger partial charge in [0.05, 0.1) is 0 Å². The summed E-state index contributed by atoms with van der Waals surface area (Å²) < 4.78 is 13.0. The highest BCUT2D eigenvalue weighted by atomic mass is 32.1. The first-order valence-electron chi connectivity index (χ1n) is 5.91. The van der Waals surface area contributed by atoms with Crippen LogP contribution in [0.15, 0.2) is 23.1 Å². The van der Waals surface area contributed by atoms with E-state index in [-0.39, 0.29) is 16.4 Å². The molecule has 6 heteroatoms. The number of amides is 2. The Hall–Kier alpha value is -1.56. The van der Waals surface area contributed by atoms with Gasteiger partial charge in [-0.2, -0.15) is 0 Å². The maximum Gasteiger partial charge on any atom is 0.251 e. The zero-order chi connectivity index (χ0) is 14.6. The van der Waals surface area contributed by atoms with Crippen LogP contribution in [-0.4, -0.2) is 36.3 Å². The largest absolute Gasteiger partial charge is 0.344 e. The highest BCUT2D eigenvalue weighted by Gasteiger charge is 2.19. The fraction of sp³-hybridized carbons (Fsp3) is 0.385. The average Bonchev–Trinajstić information content (AvgIpc) is 2.39. The van der Waals surface area contributed by atoms with Crippen LogP contribution in [0, 0.1) is 5.82 Å². The average molecular weight is 284 g/mol. The predicted molar refractivity (Wildman–Crippen MR) is 73.9 cm³/mol. The Labute approximate surface area is 117 Å². The fourth-order valence-corrected chi connectivity index (χ4v) is 1.70. The molecule has 0 aliphatic rings. The molecule has 4 nitrogen and oxygen atoms in total. The lowest BCUT2D eigenvalue weighted by atomic mass is 10.2. The van der Waals surface area contributed by atoms with Gasteiger partial charge in [-0.3, -0.25) is 9.59 Å². The van der Waals surface area contributed by atoms with E-state index in [1.165, 1.54) is 23.1 Å². The molecular weight excluding hydrogens is 267 g/mol. The predicted octanol–water partition coefficient (Wildman–Crippen LogP) is 1.71. The molecule has 0 aromatic heterocycles. The van der Waals surface area contributed by atoms with Gasteiger partial charge in [0.25, 0.3) is 5.91 Å². The highest BCUT2D eigenvalue weighted by Crippen LogP contribution is 2.14. The molecule has 19 heavy (non-hydrogen) atoms. The number of thiol groups is 1. The highest BCUT2D eigenvalue weighted by molar-refractivity contribution is 7.80. The van der Waals surface area contributed by atoms with E-state index in [0.29, 0.717) is 6.54 Å². The topological polar surface area (TPSA) is 49.4 Å². The van der Waals surface area contributed by atoms with Crippen molar-refractivity contribution >= 4 is 24.4 Å². The number of carbonyl (C=O) groups excluding carboxylic acids is 2. The summed E-state index contributed by atoms with van der Waals surface area (Å²) in [6.45, 7) is 4.02. The van der Waals surface area contributed by atoms with Crippen molar-refractivity contribution in [3.05, 3.63) is 29.6 Å². The van der Waals surface area contributed by atoms with Crippen molar-refractivity contribution in [1.29, 1.82) is 0 Å². The molecule has 2 amide bonds. The Bertz CT molecular complexity index is 494. The van der Waals surface area contributed by atoms with E-state index in [9.17, 15) is 14.0 Å². The third-order valence-corrected chi connectivity index (χ3v) is 3.12. The van der Waals surface area contributed by atoms with Gasteiger partial charge in [0.15, 0.2) is 0 Å². The van der Waals surface area contributed by atoms with E-state index >= 15 is 0 Å². The molecule has 0 fully saturated rings. The van der Waals surface area contributed by atoms with Gasteiger partial charge in [0.1, 0.15) is 11.9 Å². The van der Waals surface area contributed by atoms with Crippen molar-refractivity contribution in [1.82, 2.24) is 10.2 Å². The molecule has 1 aromatic rings. The lowest BCUT2D eigenvalue weighted by Crippen LogP contribution is -2.45.